The van der Waals surface area contributed by atoms with Gasteiger partial charge in [-0.1, -0.05) is 38.5 Å². The summed E-state index contributed by atoms with van der Waals surface area (Å²) in [5.41, 5.74) is 0. The summed E-state index contributed by atoms with van der Waals surface area (Å²) >= 11 is 0. The Kier molecular flexibility index (Phi) is 16.9. The molecule has 20 heavy (non-hydrogen) atoms. The van der Waals surface area contributed by atoms with Gasteiger partial charge in [0.25, 0.3) is 0 Å². The predicted molar refractivity (Wildman–Crippen MR) is 83.1 cm³/mol. The molecule has 0 unspecified atom stereocenters. The van der Waals surface area contributed by atoms with Crippen molar-refractivity contribution in [3.05, 3.63) is 0 Å². The monoisotopic (exact) mass is 278 g/mol. The van der Waals surface area contributed by atoms with E-state index in [0.29, 0.717) is 12.8 Å². The highest BCUT2D eigenvalue weighted by atomic mass is 14.8. The molecule has 0 aliphatic heterocycles. The molecule has 0 spiro atoms. The standard InChI is InChI=1S/C16H30N4/c17-11-9-15-19-13-7-5-3-1-2-4-6-8-14-20-16-10-12-18/h19-20H,1-10,13-16H2. The van der Waals surface area contributed by atoms with Crippen LogP contribution in [0.1, 0.15) is 64.2 Å². The molecular weight excluding hydrogens is 248 g/mol. The Morgan fingerprint density at radius 1 is 0.500 bits per heavy atom. The molecule has 0 aliphatic carbocycles. The zero-order chi connectivity index (χ0) is 14.7. The van der Waals surface area contributed by atoms with E-state index in [4.69, 9.17) is 10.5 Å². The quantitative estimate of drug-likeness (QED) is 0.451. The molecule has 0 atom stereocenters. The first-order valence-corrected chi connectivity index (χ1v) is 8.07. The van der Waals surface area contributed by atoms with E-state index in [1.165, 1.54) is 51.4 Å². The number of hydrogen-bond donors (Lipinski definition) is 2. The number of hydrogen-bond acceptors (Lipinski definition) is 4. The Bertz CT molecular complexity index is 237. The van der Waals surface area contributed by atoms with Crippen molar-refractivity contribution < 1.29 is 0 Å². The summed E-state index contributed by atoms with van der Waals surface area (Å²) in [6.07, 6.45) is 11.7. The predicted octanol–water partition coefficient (Wildman–Crippen LogP) is 3.11. The molecule has 0 aromatic carbocycles. The van der Waals surface area contributed by atoms with Gasteiger partial charge >= 0.3 is 0 Å². The Balaban J connectivity index is 2.93. The second kappa shape index (κ2) is 17.9. The van der Waals surface area contributed by atoms with Gasteiger partial charge in [0.2, 0.25) is 0 Å². The van der Waals surface area contributed by atoms with Crippen LogP contribution in [-0.4, -0.2) is 26.2 Å². The molecule has 0 fully saturated rings. The molecule has 0 aliphatic rings. The van der Waals surface area contributed by atoms with Gasteiger partial charge in [0, 0.05) is 25.9 Å². The van der Waals surface area contributed by atoms with Crippen LogP contribution in [0.25, 0.3) is 0 Å². The topological polar surface area (TPSA) is 71.6 Å². The minimum atomic E-state index is 0.616. The number of nitrogens with one attached hydrogen (secondary N) is 2. The molecule has 2 N–H and O–H groups in total. The van der Waals surface area contributed by atoms with Gasteiger partial charge in [-0.2, -0.15) is 10.5 Å². The largest absolute Gasteiger partial charge is 0.316 e. The lowest BCUT2D eigenvalue weighted by atomic mass is 10.1. The highest BCUT2D eigenvalue weighted by molar-refractivity contribution is 4.70. The van der Waals surface area contributed by atoms with Crippen molar-refractivity contribution in [2.45, 2.75) is 64.2 Å². The fourth-order valence-electron chi connectivity index (χ4n) is 2.10. The molecule has 0 rings (SSSR count). The molecule has 0 amide bonds. The van der Waals surface area contributed by atoms with Crippen LogP contribution in [0.3, 0.4) is 0 Å². The summed E-state index contributed by atoms with van der Waals surface area (Å²) in [6.45, 7) is 3.77. The summed E-state index contributed by atoms with van der Waals surface area (Å²) in [7, 11) is 0. The fourth-order valence-corrected chi connectivity index (χ4v) is 2.10. The summed E-state index contributed by atoms with van der Waals surface area (Å²) < 4.78 is 0. The molecule has 0 saturated carbocycles. The van der Waals surface area contributed by atoms with Gasteiger partial charge < -0.3 is 10.6 Å². The average Bonchev–Trinajstić information content (AvgIpc) is 2.47. The molecule has 0 heterocycles. The number of nitriles is 2. The summed E-state index contributed by atoms with van der Waals surface area (Å²) in [6, 6.07) is 4.27. The van der Waals surface area contributed by atoms with Crippen molar-refractivity contribution in [2.75, 3.05) is 26.2 Å². The van der Waals surface area contributed by atoms with Crippen LogP contribution in [0.5, 0.6) is 0 Å². The lowest BCUT2D eigenvalue weighted by molar-refractivity contribution is 0.542. The molecule has 114 valence electrons. The molecule has 0 bridgehead atoms. The first-order valence-electron chi connectivity index (χ1n) is 8.07. The average molecular weight is 278 g/mol. The van der Waals surface area contributed by atoms with E-state index in [2.05, 4.69) is 22.8 Å². The van der Waals surface area contributed by atoms with Crippen LogP contribution in [-0.2, 0) is 0 Å². The van der Waals surface area contributed by atoms with E-state index in [-0.39, 0.29) is 0 Å². The molecule has 0 aromatic rings. The first kappa shape index (κ1) is 18.9. The van der Waals surface area contributed by atoms with Gasteiger partial charge in [0.05, 0.1) is 12.1 Å². The summed E-state index contributed by atoms with van der Waals surface area (Å²) in [5, 5.41) is 23.3. The van der Waals surface area contributed by atoms with Gasteiger partial charge in [-0.05, 0) is 25.9 Å². The Hall–Kier alpha value is -1.10. The van der Waals surface area contributed by atoms with E-state index in [1.54, 1.807) is 0 Å². The van der Waals surface area contributed by atoms with E-state index in [9.17, 15) is 0 Å². The smallest absolute Gasteiger partial charge is 0.0635 e. The van der Waals surface area contributed by atoms with Crippen molar-refractivity contribution in [2.24, 2.45) is 0 Å². The van der Waals surface area contributed by atoms with Gasteiger partial charge in [-0.15, -0.1) is 0 Å². The third-order valence-corrected chi connectivity index (χ3v) is 3.28. The van der Waals surface area contributed by atoms with E-state index in [0.717, 1.165) is 26.2 Å². The van der Waals surface area contributed by atoms with Crippen LogP contribution in [0, 0.1) is 22.7 Å². The van der Waals surface area contributed by atoms with E-state index < -0.39 is 0 Å². The molecular formula is C16H30N4. The van der Waals surface area contributed by atoms with Gasteiger partial charge in [0.15, 0.2) is 0 Å². The zero-order valence-corrected chi connectivity index (χ0v) is 12.8. The normalized spacial score (nSPS) is 10.1. The SMILES string of the molecule is N#CCCNCCCCCCCCCCNCCC#N. The van der Waals surface area contributed by atoms with Crippen LogP contribution in [0.2, 0.25) is 0 Å². The van der Waals surface area contributed by atoms with E-state index >= 15 is 0 Å². The third kappa shape index (κ3) is 16.9. The van der Waals surface area contributed by atoms with Gasteiger partial charge in [-0.25, -0.2) is 0 Å². The van der Waals surface area contributed by atoms with Crippen molar-refractivity contribution >= 4 is 0 Å². The lowest BCUT2D eigenvalue weighted by Gasteiger charge is -2.04. The Morgan fingerprint density at radius 3 is 1.20 bits per heavy atom. The van der Waals surface area contributed by atoms with Crippen LogP contribution < -0.4 is 10.6 Å². The zero-order valence-electron chi connectivity index (χ0n) is 12.8. The van der Waals surface area contributed by atoms with Crippen LogP contribution in [0.4, 0.5) is 0 Å². The number of rotatable bonds is 15. The number of nitrogens with zero attached hydrogens (tertiary/aromatic N) is 2. The Morgan fingerprint density at radius 2 is 0.850 bits per heavy atom. The second-order valence-corrected chi connectivity index (χ2v) is 5.14. The molecule has 4 nitrogen and oxygen atoms in total. The minimum absolute atomic E-state index is 0.616. The molecule has 4 heteroatoms. The van der Waals surface area contributed by atoms with Crippen molar-refractivity contribution in [1.82, 2.24) is 10.6 Å². The van der Waals surface area contributed by atoms with Gasteiger partial charge in [0.1, 0.15) is 0 Å². The van der Waals surface area contributed by atoms with E-state index in [1.807, 2.05) is 0 Å². The van der Waals surface area contributed by atoms with Crippen molar-refractivity contribution in [3.63, 3.8) is 0 Å². The van der Waals surface area contributed by atoms with Crippen molar-refractivity contribution in [3.8, 4) is 12.1 Å². The maximum Gasteiger partial charge on any atom is 0.0635 e. The highest BCUT2D eigenvalue weighted by Crippen LogP contribution is 2.07. The second-order valence-electron chi connectivity index (χ2n) is 5.14. The fraction of sp³-hybridized carbons (Fsp3) is 0.875. The van der Waals surface area contributed by atoms with Crippen molar-refractivity contribution in [1.29, 1.82) is 10.5 Å². The maximum absolute atomic E-state index is 8.37. The lowest BCUT2D eigenvalue weighted by Crippen LogP contribution is -2.16. The number of unbranched alkanes of at least 4 members (excludes halogenated alkanes) is 7. The maximum atomic E-state index is 8.37. The third-order valence-electron chi connectivity index (χ3n) is 3.28. The van der Waals surface area contributed by atoms with Crippen LogP contribution in [0.15, 0.2) is 0 Å². The first-order chi connectivity index (χ1) is 9.91. The summed E-state index contributed by atoms with van der Waals surface area (Å²) in [5.74, 6) is 0. The minimum Gasteiger partial charge on any atom is -0.316 e. The molecule has 0 radical (unpaired) electrons. The van der Waals surface area contributed by atoms with Crippen LogP contribution >= 0.6 is 0 Å². The molecule has 0 saturated heterocycles. The summed E-state index contributed by atoms with van der Waals surface area (Å²) in [4.78, 5) is 0. The highest BCUT2D eigenvalue weighted by Gasteiger charge is 1.93. The molecule has 0 aromatic heterocycles. The Labute approximate surface area is 124 Å². The van der Waals surface area contributed by atoms with Gasteiger partial charge in [-0.3, -0.25) is 0 Å².